The summed E-state index contributed by atoms with van der Waals surface area (Å²) in [4.78, 5) is 0. The Morgan fingerprint density at radius 3 is 2.05 bits per heavy atom. The van der Waals surface area contributed by atoms with Crippen LogP contribution in [0.5, 0.6) is 11.5 Å². The van der Waals surface area contributed by atoms with Crippen LogP contribution in [-0.4, -0.2) is 12.2 Å². The molecule has 2 rings (SSSR count). The molecule has 0 spiro atoms. The van der Waals surface area contributed by atoms with Crippen molar-refractivity contribution < 1.29 is 23.0 Å². The highest BCUT2D eigenvalue weighted by molar-refractivity contribution is 5.67. The lowest BCUT2D eigenvalue weighted by Crippen LogP contribution is -2.03. The van der Waals surface area contributed by atoms with Crippen LogP contribution in [0.3, 0.4) is 0 Å². The van der Waals surface area contributed by atoms with Crippen LogP contribution in [0.4, 0.5) is 13.2 Å². The van der Waals surface area contributed by atoms with E-state index in [1.165, 1.54) is 25.3 Å². The minimum absolute atomic E-state index is 0.0156. The van der Waals surface area contributed by atoms with Gasteiger partial charge in [-0.2, -0.15) is 13.2 Å². The van der Waals surface area contributed by atoms with Crippen molar-refractivity contribution in [1.82, 2.24) is 0 Å². The van der Waals surface area contributed by atoms with Gasteiger partial charge in [-0.15, -0.1) is 0 Å². The molecule has 0 atom stereocenters. The Bertz CT molecular complexity index is 574. The van der Waals surface area contributed by atoms with Crippen LogP contribution < -0.4 is 4.74 Å². The zero-order valence-corrected chi connectivity index (χ0v) is 10.0. The first-order chi connectivity index (χ1) is 8.91. The van der Waals surface area contributed by atoms with Crippen molar-refractivity contribution in [1.29, 1.82) is 0 Å². The molecule has 0 aliphatic carbocycles. The summed E-state index contributed by atoms with van der Waals surface area (Å²) in [6, 6.07) is 9.43. The zero-order chi connectivity index (χ0) is 14.0. The highest BCUT2D eigenvalue weighted by Crippen LogP contribution is 2.34. The van der Waals surface area contributed by atoms with E-state index in [1.807, 2.05) is 0 Å². The maximum absolute atomic E-state index is 12.4. The lowest BCUT2D eigenvalue weighted by Gasteiger charge is -2.09. The molecule has 0 aliphatic heterocycles. The topological polar surface area (TPSA) is 29.5 Å². The third-order valence-electron chi connectivity index (χ3n) is 2.73. The lowest BCUT2D eigenvalue weighted by atomic mass is 10.0. The van der Waals surface area contributed by atoms with Crippen LogP contribution in [0, 0.1) is 0 Å². The summed E-state index contributed by atoms with van der Waals surface area (Å²) in [5.74, 6) is 0.260. The van der Waals surface area contributed by atoms with Gasteiger partial charge >= 0.3 is 6.18 Å². The Morgan fingerprint density at radius 2 is 1.53 bits per heavy atom. The summed E-state index contributed by atoms with van der Waals surface area (Å²) in [5, 5.41) is 9.46. The van der Waals surface area contributed by atoms with Crippen molar-refractivity contribution in [2.24, 2.45) is 0 Å². The van der Waals surface area contributed by atoms with Crippen LogP contribution in [0.15, 0.2) is 42.5 Å². The second kappa shape index (κ2) is 4.84. The van der Waals surface area contributed by atoms with Crippen LogP contribution in [-0.2, 0) is 6.18 Å². The van der Waals surface area contributed by atoms with E-state index in [2.05, 4.69) is 0 Å². The van der Waals surface area contributed by atoms with Crippen LogP contribution in [0.2, 0.25) is 0 Å². The summed E-state index contributed by atoms with van der Waals surface area (Å²) >= 11 is 0. The standard InChI is InChI=1S/C14H11F3O2/c1-19-13-8-10(4-7-12(13)18)9-2-5-11(6-3-9)14(15,16)17/h2-8,18H,1H3. The van der Waals surface area contributed by atoms with E-state index in [0.29, 0.717) is 11.1 Å². The van der Waals surface area contributed by atoms with Gasteiger partial charge < -0.3 is 9.84 Å². The van der Waals surface area contributed by atoms with E-state index in [-0.39, 0.29) is 11.5 Å². The zero-order valence-electron chi connectivity index (χ0n) is 10.0. The molecule has 0 bridgehead atoms. The fourth-order valence-electron chi connectivity index (χ4n) is 1.71. The van der Waals surface area contributed by atoms with E-state index < -0.39 is 11.7 Å². The first-order valence-corrected chi connectivity index (χ1v) is 5.46. The van der Waals surface area contributed by atoms with Crippen molar-refractivity contribution in [2.75, 3.05) is 7.11 Å². The first kappa shape index (κ1) is 13.3. The highest BCUT2D eigenvalue weighted by atomic mass is 19.4. The third-order valence-corrected chi connectivity index (χ3v) is 2.73. The number of ether oxygens (including phenoxy) is 1. The summed E-state index contributed by atoms with van der Waals surface area (Å²) in [6.07, 6.45) is -4.34. The molecule has 2 aromatic carbocycles. The molecule has 5 heteroatoms. The lowest BCUT2D eigenvalue weighted by molar-refractivity contribution is -0.137. The van der Waals surface area contributed by atoms with E-state index in [0.717, 1.165) is 12.1 Å². The molecule has 0 unspecified atom stereocenters. The van der Waals surface area contributed by atoms with Gasteiger partial charge in [-0.1, -0.05) is 18.2 Å². The maximum atomic E-state index is 12.4. The van der Waals surface area contributed by atoms with Gasteiger partial charge in [0.1, 0.15) is 0 Å². The smallest absolute Gasteiger partial charge is 0.416 e. The number of phenols is 1. The summed E-state index contributed by atoms with van der Waals surface area (Å²) in [7, 11) is 1.41. The Morgan fingerprint density at radius 1 is 0.947 bits per heavy atom. The third kappa shape index (κ3) is 2.81. The molecule has 0 radical (unpaired) electrons. The molecule has 0 amide bonds. The second-order valence-electron chi connectivity index (χ2n) is 3.96. The molecule has 0 fully saturated rings. The van der Waals surface area contributed by atoms with Crippen molar-refractivity contribution in [3.05, 3.63) is 48.0 Å². The van der Waals surface area contributed by atoms with Gasteiger partial charge in [0.05, 0.1) is 12.7 Å². The first-order valence-electron chi connectivity index (χ1n) is 5.46. The predicted octanol–water partition coefficient (Wildman–Crippen LogP) is 4.09. The number of phenolic OH excluding ortho intramolecular Hbond substituents is 1. The van der Waals surface area contributed by atoms with Gasteiger partial charge in [-0.3, -0.25) is 0 Å². The van der Waals surface area contributed by atoms with E-state index >= 15 is 0 Å². The number of rotatable bonds is 2. The molecule has 0 aliphatic rings. The molecule has 0 saturated heterocycles. The van der Waals surface area contributed by atoms with Crippen LogP contribution in [0.25, 0.3) is 11.1 Å². The molecular formula is C14H11F3O2. The van der Waals surface area contributed by atoms with Crippen molar-refractivity contribution in [3.63, 3.8) is 0 Å². The van der Waals surface area contributed by atoms with Gasteiger partial charge in [-0.05, 0) is 35.4 Å². The number of hydrogen-bond donors (Lipinski definition) is 1. The van der Waals surface area contributed by atoms with Crippen LogP contribution in [0.1, 0.15) is 5.56 Å². The quantitative estimate of drug-likeness (QED) is 0.889. The Hall–Kier alpha value is -2.17. The number of alkyl halides is 3. The van der Waals surface area contributed by atoms with Gasteiger partial charge in [0.25, 0.3) is 0 Å². The fraction of sp³-hybridized carbons (Fsp3) is 0.143. The van der Waals surface area contributed by atoms with E-state index in [1.54, 1.807) is 12.1 Å². The van der Waals surface area contributed by atoms with Crippen molar-refractivity contribution in [2.45, 2.75) is 6.18 Å². The number of aromatic hydroxyl groups is 1. The number of methoxy groups -OCH3 is 1. The Labute approximate surface area is 108 Å². The summed E-state index contributed by atoms with van der Waals surface area (Å²) in [6.45, 7) is 0. The highest BCUT2D eigenvalue weighted by Gasteiger charge is 2.29. The van der Waals surface area contributed by atoms with Crippen LogP contribution >= 0.6 is 0 Å². The van der Waals surface area contributed by atoms with Gasteiger partial charge in [0.15, 0.2) is 11.5 Å². The van der Waals surface area contributed by atoms with Gasteiger partial charge in [0, 0.05) is 0 Å². The monoisotopic (exact) mass is 268 g/mol. The molecule has 100 valence electrons. The summed E-state index contributed by atoms with van der Waals surface area (Å²) in [5.41, 5.74) is 0.594. The van der Waals surface area contributed by atoms with E-state index in [4.69, 9.17) is 4.74 Å². The van der Waals surface area contributed by atoms with E-state index in [9.17, 15) is 18.3 Å². The van der Waals surface area contributed by atoms with Gasteiger partial charge in [0.2, 0.25) is 0 Å². The average Bonchev–Trinajstić information content (AvgIpc) is 2.38. The SMILES string of the molecule is COc1cc(-c2ccc(C(F)(F)F)cc2)ccc1O. The Balaban J connectivity index is 2.37. The van der Waals surface area contributed by atoms with Crippen molar-refractivity contribution >= 4 is 0 Å². The maximum Gasteiger partial charge on any atom is 0.416 e. The molecule has 0 aromatic heterocycles. The molecule has 0 saturated carbocycles. The van der Waals surface area contributed by atoms with Gasteiger partial charge in [-0.25, -0.2) is 0 Å². The Kier molecular flexibility index (Phi) is 3.38. The normalized spacial score (nSPS) is 11.4. The second-order valence-corrected chi connectivity index (χ2v) is 3.96. The predicted molar refractivity (Wildman–Crippen MR) is 65.1 cm³/mol. The number of benzene rings is 2. The molecule has 2 aromatic rings. The average molecular weight is 268 g/mol. The number of halogens is 3. The minimum Gasteiger partial charge on any atom is -0.504 e. The number of hydrogen-bond acceptors (Lipinski definition) is 2. The minimum atomic E-state index is -4.34. The summed E-state index contributed by atoms with van der Waals surface area (Å²) < 4.78 is 42.3. The molecular weight excluding hydrogens is 257 g/mol. The largest absolute Gasteiger partial charge is 0.504 e. The molecule has 19 heavy (non-hydrogen) atoms. The molecule has 2 nitrogen and oxygen atoms in total. The van der Waals surface area contributed by atoms with Crippen molar-refractivity contribution in [3.8, 4) is 22.6 Å². The fourth-order valence-corrected chi connectivity index (χ4v) is 1.71. The molecule has 1 N–H and O–H groups in total. The molecule has 0 heterocycles.